The van der Waals surface area contributed by atoms with Gasteiger partial charge in [-0.3, -0.25) is 0 Å². The van der Waals surface area contributed by atoms with E-state index in [4.69, 9.17) is 16.5 Å². The average molecular weight is 633 g/mol. The summed E-state index contributed by atoms with van der Waals surface area (Å²) in [4.78, 5) is 0. The van der Waals surface area contributed by atoms with Crippen LogP contribution in [0.25, 0.3) is 0 Å². The molecular weight excluding hydrogens is 612 g/mol. The van der Waals surface area contributed by atoms with E-state index in [-0.39, 0.29) is 0 Å². The van der Waals surface area contributed by atoms with Crippen molar-refractivity contribution in [2.24, 2.45) is 0 Å². The van der Waals surface area contributed by atoms with Crippen molar-refractivity contribution in [1.82, 2.24) is 0 Å². The van der Waals surface area contributed by atoms with Gasteiger partial charge in [-0.1, -0.05) is 0 Å². The largest absolute Gasteiger partial charge is 0.483 e. The molecule has 0 aliphatic carbocycles. The summed E-state index contributed by atoms with van der Waals surface area (Å²) < 4.78 is 192. The molecule has 0 spiro atoms. The third kappa shape index (κ3) is 13.5. The molecule has 1 aliphatic heterocycles. The lowest BCUT2D eigenvalue weighted by Crippen LogP contribution is -2.71. The second-order valence-corrected chi connectivity index (χ2v) is 18.8. The van der Waals surface area contributed by atoms with E-state index in [9.17, 15) is 52.7 Å². The highest BCUT2D eigenvalue weighted by atomic mass is 28.6. The van der Waals surface area contributed by atoms with Crippen molar-refractivity contribution in [1.29, 1.82) is 0 Å². The minimum absolute atomic E-state index is 0.649. The van der Waals surface area contributed by atoms with Crippen molar-refractivity contribution in [2.45, 2.75) is 50.9 Å². The maximum Gasteiger partial charge on any atom is 0.483 e. The summed E-state index contributed by atoms with van der Waals surface area (Å²) in [5.74, 6) is 0. The molecule has 1 saturated heterocycles. The first-order valence-electron chi connectivity index (χ1n) is 9.29. The zero-order valence-corrected chi connectivity index (χ0v) is 22.6. The maximum atomic E-state index is 12.8. The van der Waals surface area contributed by atoms with Gasteiger partial charge in [-0.05, 0) is 0 Å². The van der Waals surface area contributed by atoms with Crippen molar-refractivity contribution >= 4 is 35.2 Å². The normalized spacial score (nSPS) is 33.3. The molecule has 1 heterocycles. The van der Waals surface area contributed by atoms with Crippen LogP contribution in [-0.2, 0) is 34.2 Å². The fraction of sp³-hybridized carbons (Fsp3) is 1.00. The fourth-order valence-corrected chi connectivity index (χ4v) is 19.1. The minimum Gasteiger partial charge on any atom is -0.373 e. The molecule has 0 saturated carbocycles. The van der Waals surface area contributed by atoms with Crippen molar-refractivity contribution in [3.8, 4) is 0 Å². The molecule has 0 bridgehead atoms. The molecule has 0 amide bonds. The number of alkyl halides is 12. The highest BCUT2D eigenvalue weighted by Crippen LogP contribution is 2.36. The third-order valence-corrected chi connectivity index (χ3v) is 18.0. The summed E-state index contributed by atoms with van der Waals surface area (Å²) >= 11 is 0. The van der Waals surface area contributed by atoms with Gasteiger partial charge in [0.05, 0.1) is 0 Å². The van der Waals surface area contributed by atoms with E-state index in [0.717, 1.165) is 0 Å². The van der Waals surface area contributed by atoms with E-state index in [0.29, 0.717) is 26.2 Å². The first-order valence-corrected chi connectivity index (χ1v) is 18.2. The predicted molar refractivity (Wildman–Crippen MR) is 98.8 cm³/mol. The van der Waals surface area contributed by atoms with Crippen molar-refractivity contribution < 1.29 is 86.8 Å². The molecule has 0 radical (unpaired) electrons. The lowest BCUT2D eigenvalue weighted by atomic mass is 10.7. The van der Waals surface area contributed by atoms with Gasteiger partial charge in [0, 0.05) is 26.2 Å². The molecule has 0 aromatic carbocycles. The van der Waals surface area contributed by atoms with Gasteiger partial charge in [0.25, 0.3) is 0 Å². The Bertz CT molecular complexity index is 603. The molecular formula is C12H20F12O8Si4. The first-order chi connectivity index (χ1) is 15.7. The van der Waals surface area contributed by atoms with E-state index in [2.05, 4.69) is 17.7 Å². The number of halogens is 12. The van der Waals surface area contributed by atoms with Gasteiger partial charge in [-0.2, -0.15) is 52.7 Å². The van der Waals surface area contributed by atoms with Crippen molar-refractivity contribution in [3.63, 3.8) is 0 Å². The highest BCUT2D eigenvalue weighted by Gasteiger charge is 2.64. The summed E-state index contributed by atoms with van der Waals surface area (Å²) in [7, 11) is -20.0. The van der Waals surface area contributed by atoms with Crippen LogP contribution in [0, 0.1) is 0 Å². The van der Waals surface area contributed by atoms with Gasteiger partial charge in [0.2, 0.25) is 0 Å². The average Bonchev–Trinajstić information content (AvgIpc) is 2.59. The SMILES string of the molecule is C[Si]1(OCC(F)(F)F)O[Si](C)(OCC(F)(F)F)O[Si](C)(OCC(F)(F)F)O[Si](C)(OCC(F)(F)F)O1. The Kier molecular flexibility index (Phi) is 10.4. The van der Waals surface area contributed by atoms with Crippen LogP contribution < -0.4 is 0 Å². The molecule has 36 heavy (non-hydrogen) atoms. The van der Waals surface area contributed by atoms with Gasteiger partial charge in [0.1, 0.15) is 26.4 Å². The lowest BCUT2D eigenvalue weighted by Gasteiger charge is -2.46. The standard InChI is InChI=1S/C12H20F12O8Si4/c1-33(25-5-9(13,14)15)29-34(2,26-6-10(16,17)18)31-36(4,28-8-12(22,23)24)32-35(3,30-33)27-7-11(19,20)21/h5-8H2,1-4H3. The quantitative estimate of drug-likeness (QED) is 0.283. The predicted octanol–water partition coefficient (Wildman–Crippen LogP) is 4.66. The van der Waals surface area contributed by atoms with Crippen LogP contribution in [0.15, 0.2) is 0 Å². The van der Waals surface area contributed by atoms with E-state index in [1.807, 2.05) is 0 Å². The summed E-state index contributed by atoms with van der Waals surface area (Å²) in [5.41, 5.74) is 0. The molecule has 1 rings (SSSR count). The van der Waals surface area contributed by atoms with Gasteiger partial charge in [-0.15, -0.1) is 0 Å². The molecule has 0 atom stereocenters. The molecule has 1 aliphatic rings. The summed E-state index contributed by atoms with van der Waals surface area (Å²) in [5, 5.41) is 0. The molecule has 0 aromatic heterocycles. The van der Waals surface area contributed by atoms with Crippen LogP contribution in [0.4, 0.5) is 52.7 Å². The lowest BCUT2D eigenvalue weighted by molar-refractivity contribution is -0.175. The van der Waals surface area contributed by atoms with Gasteiger partial charge in [-0.25, -0.2) is 0 Å². The molecule has 0 aromatic rings. The molecule has 8 nitrogen and oxygen atoms in total. The Morgan fingerprint density at radius 1 is 0.389 bits per heavy atom. The number of rotatable bonds is 8. The Morgan fingerprint density at radius 2 is 0.528 bits per heavy atom. The fourth-order valence-electron chi connectivity index (χ4n) is 2.52. The van der Waals surface area contributed by atoms with Crippen molar-refractivity contribution in [2.75, 3.05) is 26.4 Å². The smallest absolute Gasteiger partial charge is 0.373 e. The van der Waals surface area contributed by atoms with Gasteiger partial charge in [0.15, 0.2) is 0 Å². The maximum absolute atomic E-state index is 12.8. The van der Waals surface area contributed by atoms with Gasteiger partial charge < -0.3 is 34.2 Å². The Hall–Kier alpha value is -0.292. The molecule has 216 valence electrons. The van der Waals surface area contributed by atoms with E-state index in [1.54, 1.807) is 0 Å². The molecule has 1 fully saturated rings. The minimum atomic E-state index is -5.07. The Morgan fingerprint density at radius 3 is 0.639 bits per heavy atom. The third-order valence-electron chi connectivity index (χ3n) is 3.48. The number of hydrogen-bond donors (Lipinski definition) is 0. The van der Waals surface area contributed by atoms with E-state index in [1.165, 1.54) is 0 Å². The zero-order valence-electron chi connectivity index (χ0n) is 18.6. The van der Waals surface area contributed by atoms with Crippen LogP contribution in [0.2, 0.25) is 26.2 Å². The Labute approximate surface area is 200 Å². The monoisotopic (exact) mass is 632 g/mol. The number of hydrogen-bond acceptors (Lipinski definition) is 8. The van der Waals surface area contributed by atoms with Gasteiger partial charge >= 0.3 is 59.9 Å². The topological polar surface area (TPSA) is 73.8 Å². The summed E-state index contributed by atoms with van der Waals surface area (Å²) in [6.07, 6.45) is -20.3. The molecule has 0 N–H and O–H groups in total. The molecule has 24 heteroatoms. The van der Waals surface area contributed by atoms with Crippen LogP contribution >= 0.6 is 0 Å². The summed E-state index contributed by atoms with van der Waals surface area (Å²) in [6.45, 7) is -5.95. The zero-order chi connectivity index (χ0) is 28.5. The first kappa shape index (κ1) is 33.7. The second-order valence-electron chi connectivity index (χ2n) is 7.47. The molecule has 0 unspecified atom stereocenters. The highest BCUT2D eigenvalue weighted by molar-refractivity contribution is 6.87. The van der Waals surface area contributed by atoms with Crippen LogP contribution in [0.5, 0.6) is 0 Å². The van der Waals surface area contributed by atoms with Crippen LogP contribution in [0.3, 0.4) is 0 Å². The van der Waals surface area contributed by atoms with Crippen LogP contribution in [0.1, 0.15) is 0 Å². The summed E-state index contributed by atoms with van der Waals surface area (Å²) in [6, 6.07) is 0. The van der Waals surface area contributed by atoms with Crippen molar-refractivity contribution in [3.05, 3.63) is 0 Å². The van der Waals surface area contributed by atoms with E-state index >= 15 is 0 Å². The van der Waals surface area contributed by atoms with Crippen LogP contribution in [-0.4, -0.2) is 86.4 Å². The van der Waals surface area contributed by atoms with E-state index < -0.39 is 86.4 Å². The Balaban J connectivity index is 3.48. The second kappa shape index (κ2) is 11.1.